The van der Waals surface area contributed by atoms with E-state index in [1.54, 1.807) is 0 Å². The van der Waals surface area contributed by atoms with Crippen LogP contribution in [0.1, 0.15) is 22.3 Å². The van der Waals surface area contributed by atoms with Gasteiger partial charge in [-0.05, 0) is 99.5 Å². The lowest BCUT2D eigenvalue weighted by molar-refractivity contribution is 0.653. The second-order valence-electron chi connectivity index (χ2n) is 9.70. The van der Waals surface area contributed by atoms with Crippen LogP contribution in [0.2, 0.25) is 0 Å². The van der Waals surface area contributed by atoms with Crippen LogP contribution in [0.4, 0.5) is 11.4 Å². The molecule has 2 nitrogen and oxygen atoms in total. The highest BCUT2D eigenvalue weighted by atomic mass is 32.2. The Morgan fingerprint density at radius 3 is 1.17 bits per heavy atom. The van der Waals surface area contributed by atoms with Crippen LogP contribution < -0.4 is 9.80 Å². The minimum atomic E-state index is 1.04. The van der Waals surface area contributed by atoms with Crippen LogP contribution in [0, 0.1) is 27.7 Å². The van der Waals surface area contributed by atoms with Gasteiger partial charge in [-0.25, -0.2) is 0 Å². The molecule has 4 heteroatoms. The number of anilines is 2. The third-order valence-corrected chi connectivity index (χ3v) is 9.17. The molecule has 0 radical (unpaired) electrons. The second-order valence-corrected chi connectivity index (χ2v) is 11.9. The number of hydrogen-bond acceptors (Lipinski definition) is 4. The molecule has 1 saturated heterocycles. The first-order valence-corrected chi connectivity index (χ1v) is 14.3. The Bertz CT molecular complexity index is 1220. The minimum Gasteiger partial charge on any atom is -0.368 e. The summed E-state index contributed by atoms with van der Waals surface area (Å²) in [5.41, 5.74) is 7.96. The molecule has 0 unspecified atom stereocenters. The molecule has 0 bridgehead atoms. The van der Waals surface area contributed by atoms with Gasteiger partial charge in [0.25, 0.3) is 0 Å². The van der Waals surface area contributed by atoms with E-state index in [9.17, 15) is 0 Å². The van der Waals surface area contributed by atoms with Gasteiger partial charge in [0, 0.05) is 57.1 Å². The molecule has 1 fully saturated rings. The summed E-state index contributed by atoms with van der Waals surface area (Å²) in [7, 11) is 0. The first-order valence-electron chi connectivity index (χ1n) is 12.6. The van der Waals surface area contributed by atoms with Gasteiger partial charge >= 0.3 is 0 Å². The fourth-order valence-electron chi connectivity index (χ4n) is 4.75. The van der Waals surface area contributed by atoms with Crippen LogP contribution in [-0.2, 0) is 0 Å². The number of benzene rings is 4. The second kappa shape index (κ2) is 11.1. The topological polar surface area (TPSA) is 6.48 Å². The van der Waals surface area contributed by atoms with Crippen molar-refractivity contribution in [3.05, 3.63) is 107 Å². The average molecular weight is 511 g/mol. The molecule has 0 amide bonds. The maximum atomic E-state index is 2.51. The zero-order valence-corrected chi connectivity index (χ0v) is 23.3. The lowest BCUT2D eigenvalue weighted by Crippen LogP contribution is -2.46. The normalized spacial score (nSPS) is 13.8. The molecule has 4 aromatic rings. The predicted octanol–water partition coefficient (Wildman–Crippen LogP) is 8.55. The van der Waals surface area contributed by atoms with Crippen LogP contribution in [0.15, 0.2) is 105 Å². The third kappa shape index (κ3) is 5.93. The molecule has 4 aromatic carbocycles. The van der Waals surface area contributed by atoms with E-state index in [2.05, 4.69) is 122 Å². The van der Waals surface area contributed by atoms with Crippen molar-refractivity contribution in [2.24, 2.45) is 0 Å². The van der Waals surface area contributed by atoms with Crippen molar-refractivity contribution >= 4 is 34.9 Å². The summed E-state index contributed by atoms with van der Waals surface area (Å²) in [6, 6.07) is 31.5. The molecule has 1 aliphatic heterocycles. The molecule has 184 valence electrons. The summed E-state index contributed by atoms with van der Waals surface area (Å²) in [6.45, 7) is 12.9. The Morgan fingerprint density at radius 2 is 0.833 bits per heavy atom. The zero-order valence-electron chi connectivity index (χ0n) is 21.6. The highest BCUT2D eigenvalue weighted by molar-refractivity contribution is 7.99. The number of piperazine rings is 1. The standard InChI is InChI=1S/C32H34N2S2/c1-23-5-15-31(25(3)21-23)35-29-11-7-27(8-12-29)33-17-19-34(20-18-33)28-9-13-30(14-10-28)36-32-16-6-24(2)22-26(32)4/h5-16,21-22H,17-20H2,1-4H3. The summed E-state index contributed by atoms with van der Waals surface area (Å²) >= 11 is 3.70. The van der Waals surface area contributed by atoms with Crippen molar-refractivity contribution in [3.63, 3.8) is 0 Å². The molecule has 5 rings (SSSR count). The molecule has 0 aromatic heterocycles. The van der Waals surface area contributed by atoms with E-state index < -0.39 is 0 Å². The van der Waals surface area contributed by atoms with Gasteiger partial charge in [-0.2, -0.15) is 0 Å². The number of nitrogens with zero attached hydrogens (tertiary/aromatic N) is 2. The first-order chi connectivity index (χ1) is 17.4. The number of aryl methyl sites for hydroxylation is 4. The Hall–Kier alpha value is -2.82. The van der Waals surface area contributed by atoms with Crippen molar-refractivity contribution in [2.75, 3.05) is 36.0 Å². The fourth-order valence-corrected chi connectivity index (χ4v) is 6.52. The molecule has 0 saturated carbocycles. The summed E-state index contributed by atoms with van der Waals surface area (Å²) in [5.74, 6) is 0. The van der Waals surface area contributed by atoms with Gasteiger partial charge in [-0.3, -0.25) is 0 Å². The van der Waals surface area contributed by atoms with Crippen molar-refractivity contribution in [3.8, 4) is 0 Å². The largest absolute Gasteiger partial charge is 0.368 e. The zero-order chi connectivity index (χ0) is 25.1. The Morgan fingerprint density at radius 1 is 0.472 bits per heavy atom. The average Bonchev–Trinajstić information content (AvgIpc) is 2.88. The summed E-state index contributed by atoms with van der Waals surface area (Å²) in [6.07, 6.45) is 0. The summed E-state index contributed by atoms with van der Waals surface area (Å²) in [5, 5.41) is 0. The predicted molar refractivity (Wildman–Crippen MR) is 157 cm³/mol. The summed E-state index contributed by atoms with van der Waals surface area (Å²) in [4.78, 5) is 10.3. The van der Waals surface area contributed by atoms with Crippen molar-refractivity contribution < 1.29 is 0 Å². The van der Waals surface area contributed by atoms with Gasteiger partial charge in [0.15, 0.2) is 0 Å². The van der Waals surface area contributed by atoms with E-state index in [0.29, 0.717) is 0 Å². The number of hydrogen-bond donors (Lipinski definition) is 0. The Balaban J connectivity index is 1.16. The minimum absolute atomic E-state index is 1.04. The first kappa shape index (κ1) is 24.9. The van der Waals surface area contributed by atoms with Gasteiger partial charge in [0.05, 0.1) is 0 Å². The molecule has 1 aliphatic rings. The van der Waals surface area contributed by atoms with Gasteiger partial charge in [-0.1, -0.05) is 58.9 Å². The van der Waals surface area contributed by atoms with E-state index in [-0.39, 0.29) is 0 Å². The maximum absolute atomic E-state index is 2.51. The molecule has 0 aliphatic carbocycles. The molecule has 36 heavy (non-hydrogen) atoms. The fraction of sp³-hybridized carbons (Fsp3) is 0.250. The monoisotopic (exact) mass is 510 g/mol. The lowest BCUT2D eigenvalue weighted by Gasteiger charge is -2.37. The number of rotatable bonds is 6. The van der Waals surface area contributed by atoms with Gasteiger partial charge in [0.1, 0.15) is 0 Å². The molecular weight excluding hydrogens is 477 g/mol. The summed E-state index contributed by atoms with van der Waals surface area (Å²) < 4.78 is 0. The van der Waals surface area contributed by atoms with Crippen LogP contribution >= 0.6 is 23.5 Å². The van der Waals surface area contributed by atoms with Crippen LogP contribution in [0.5, 0.6) is 0 Å². The smallest absolute Gasteiger partial charge is 0.0368 e. The lowest BCUT2D eigenvalue weighted by atomic mass is 10.2. The quantitative estimate of drug-likeness (QED) is 0.256. The van der Waals surface area contributed by atoms with E-state index in [1.165, 1.54) is 53.2 Å². The van der Waals surface area contributed by atoms with Crippen LogP contribution in [0.25, 0.3) is 0 Å². The maximum Gasteiger partial charge on any atom is 0.0368 e. The Kier molecular flexibility index (Phi) is 7.64. The third-order valence-electron chi connectivity index (χ3n) is 6.80. The highest BCUT2D eigenvalue weighted by Crippen LogP contribution is 2.34. The highest BCUT2D eigenvalue weighted by Gasteiger charge is 2.18. The van der Waals surface area contributed by atoms with E-state index >= 15 is 0 Å². The molecule has 0 N–H and O–H groups in total. The van der Waals surface area contributed by atoms with Gasteiger partial charge in [-0.15, -0.1) is 0 Å². The Labute approximate surface area is 224 Å². The van der Waals surface area contributed by atoms with Gasteiger partial charge < -0.3 is 9.80 Å². The van der Waals surface area contributed by atoms with Crippen LogP contribution in [0.3, 0.4) is 0 Å². The van der Waals surface area contributed by atoms with E-state index in [0.717, 1.165) is 26.2 Å². The van der Waals surface area contributed by atoms with E-state index in [1.807, 2.05) is 23.5 Å². The molecular formula is C32H34N2S2. The van der Waals surface area contributed by atoms with Crippen molar-refractivity contribution in [1.29, 1.82) is 0 Å². The van der Waals surface area contributed by atoms with Crippen LogP contribution in [-0.4, -0.2) is 26.2 Å². The van der Waals surface area contributed by atoms with Gasteiger partial charge in [0.2, 0.25) is 0 Å². The SMILES string of the molecule is Cc1ccc(Sc2ccc(N3CCN(c4ccc(Sc5ccc(C)cc5C)cc4)CC3)cc2)c(C)c1. The van der Waals surface area contributed by atoms with E-state index in [4.69, 9.17) is 0 Å². The molecule has 1 heterocycles. The molecule has 0 atom stereocenters. The van der Waals surface area contributed by atoms with Crippen molar-refractivity contribution in [2.45, 2.75) is 47.3 Å². The van der Waals surface area contributed by atoms with Crippen molar-refractivity contribution in [1.82, 2.24) is 0 Å². The molecule has 0 spiro atoms.